The summed E-state index contributed by atoms with van der Waals surface area (Å²) >= 11 is 0. The van der Waals surface area contributed by atoms with Gasteiger partial charge >= 0.3 is 0 Å². The second-order valence-corrected chi connectivity index (χ2v) is 4.46. The molecule has 3 atom stereocenters. The molecule has 0 aromatic carbocycles. The number of rotatable bonds is 4. The summed E-state index contributed by atoms with van der Waals surface area (Å²) in [4.78, 5) is 11.1. The zero-order valence-electron chi connectivity index (χ0n) is 9.47. The van der Waals surface area contributed by atoms with Crippen molar-refractivity contribution in [3.8, 4) is 0 Å². The van der Waals surface area contributed by atoms with Gasteiger partial charge in [-0.05, 0) is 25.7 Å². The van der Waals surface area contributed by atoms with E-state index in [0.717, 1.165) is 5.92 Å². The van der Waals surface area contributed by atoms with Gasteiger partial charge in [-0.2, -0.15) is 0 Å². The van der Waals surface area contributed by atoms with Crippen LogP contribution in [0.5, 0.6) is 0 Å². The van der Waals surface area contributed by atoms with E-state index in [1.54, 1.807) is 7.05 Å². The Kier molecular flexibility index (Phi) is 4.39. The summed E-state index contributed by atoms with van der Waals surface area (Å²) in [5, 5.41) is 6.19. The Morgan fingerprint density at radius 2 is 2.21 bits per heavy atom. The normalized spacial score (nSPS) is 28.8. The predicted octanol–water partition coefficient (Wildman–Crippen LogP) is 1.29. The Labute approximate surface area is 86.6 Å². The zero-order chi connectivity index (χ0) is 10.6. The topological polar surface area (TPSA) is 41.1 Å². The lowest BCUT2D eigenvalue weighted by atomic mass is 10.0. The monoisotopic (exact) mass is 198 g/mol. The molecule has 3 unspecified atom stereocenters. The van der Waals surface area contributed by atoms with Gasteiger partial charge < -0.3 is 10.6 Å². The van der Waals surface area contributed by atoms with Crippen LogP contribution in [0.3, 0.4) is 0 Å². The number of hydrogen-bond acceptors (Lipinski definition) is 2. The third-order valence-electron chi connectivity index (χ3n) is 3.13. The van der Waals surface area contributed by atoms with Crippen LogP contribution in [0.25, 0.3) is 0 Å². The fourth-order valence-corrected chi connectivity index (χ4v) is 2.20. The smallest absolute Gasteiger partial charge is 0.221 e. The molecule has 0 bridgehead atoms. The average Bonchev–Trinajstić information content (AvgIpc) is 2.51. The quantitative estimate of drug-likeness (QED) is 0.714. The number of carbonyl (C=O) groups is 1. The first-order chi connectivity index (χ1) is 6.63. The fourth-order valence-electron chi connectivity index (χ4n) is 2.20. The summed E-state index contributed by atoms with van der Waals surface area (Å²) in [6.45, 7) is 4.37. The second kappa shape index (κ2) is 5.35. The lowest BCUT2D eigenvalue weighted by Gasteiger charge is -2.22. The van der Waals surface area contributed by atoms with Crippen LogP contribution < -0.4 is 10.6 Å². The van der Waals surface area contributed by atoms with Crippen LogP contribution in [0.1, 0.15) is 39.5 Å². The molecule has 0 spiro atoms. The molecular formula is C11H22N2O. The van der Waals surface area contributed by atoms with E-state index >= 15 is 0 Å². The summed E-state index contributed by atoms with van der Waals surface area (Å²) in [6, 6.07) is 0.912. The van der Waals surface area contributed by atoms with Crippen LogP contribution in [0.15, 0.2) is 0 Å². The van der Waals surface area contributed by atoms with E-state index in [-0.39, 0.29) is 5.91 Å². The summed E-state index contributed by atoms with van der Waals surface area (Å²) in [7, 11) is 1.69. The van der Waals surface area contributed by atoms with Gasteiger partial charge in [-0.25, -0.2) is 0 Å². The van der Waals surface area contributed by atoms with E-state index in [0.29, 0.717) is 18.5 Å². The van der Waals surface area contributed by atoms with Crippen LogP contribution in [-0.2, 0) is 4.79 Å². The Hall–Kier alpha value is -0.570. The Morgan fingerprint density at radius 1 is 1.50 bits per heavy atom. The van der Waals surface area contributed by atoms with Gasteiger partial charge in [0.05, 0.1) is 0 Å². The van der Waals surface area contributed by atoms with Gasteiger partial charge in [-0.3, -0.25) is 4.79 Å². The number of hydrogen-bond donors (Lipinski definition) is 2. The van der Waals surface area contributed by atoms with Crippen molar-refractivity contribution in [2.75, 3.05) is 7.05 Å². The molecule has 1 aliphatic carbocycles. The van der Waals surface area contributed by atoms with Crippen molar-refractivity contribution in [2.45, 2.75) is 51.6 Å². The molecule has 14 heavy (non-hydrogen) atoms. The molecule has 1 saturated carbocycles. The summed E-state index contributed by atoms with van der Waals surface area (Å²) in [5.74, 6) is 0.887. The minimum Gasteiger partial charge on any atom is -0.359 e. The highest BCUT2D eigenvalue weighted by molar-refractivity contribution is 5.76. The summed E-state index contributed by atoms with van der Waals surface area (Å²) < 4.78 is 0. The predicted molar refractivity (Wildman–Crippen MR) is 58.1 cm³/mol. The van der Waals surface area contributed by atoms with Crippen LogP contribution in [0.2, 0.25) is 0 Å². The van der Waals surface area contributed by atoms with Crippen LogP contribution >= 0.6 is 0 Å². The standard InChI is InChI=1S/C11H22N2O/c1-8-5-4-6-10(8)13-9(2)7-11(14)12-3/h8-10,13H,4-7H2,1-3H3,(H,12,14). The summed E-state index contributed by atoms with van der Waals surface area (Å²) in [5.41, 5.74) is 0. The molecule has 1 amide bonds. The Bertz CT molecular complexity index is 194. The van der Waals surface area contributed by atoms with Crippen molar-refractivity contribution >= 4 is 5.91 Å². The zero-order valence-corrected chi connectivity index (χ0v) is 9.47. The largest absolute Gasteiger partial charge is 0.359 e. The van der Waals surface area contributed by atoms with Crippen molar-refractivity contribution in [3.05, 3.63) is 0 Å². The Balaban J connectivity index is 2.25. The molecule has 82 valence electrons. The van der Waals surface area contributed by atoms with Crippen molar-refractivity contribution in [3.63, 3.8) is 0 Å². The van der Waals surface area contributed by atoms with Crippen molar-refractivity contribution in [1.82, 2.24) is 10.6 Å². The molecule has 1 fully saturated rings. The third kappa shape index (κ3) is 3.29. The molecule has 0 heterocycles. The van der Waals surface area contributed by atoms with Gasteiger partial charge in [-0.1, -0.05) is 13.3 Å². The number of nitrogens with one attached hydrogen (secondary N) is 2. The fraction of sp³-hybridized carbons (Fsp3) is 0.909. The second-order valence-electron chi connectivity index (χ2n) is 4.46. The minimum absolute atomic E-state index is 0.121. The molecular weight excluding hydrogens is 176 g/mol. The van der Waals surface area contributed by atoms with E-state index in [2.05, 4.69) is 24.5 Å². The van der Waals surface area contributed by atoms with Crippen molar-refractivity contribution < 1.29 is 4.79 Å². The lowest BCUT2D eigenvalue weighted by molar-refractivity contribution is -0.121. The molecule has 3 nitrogen and oxygen atoms in total. The highest BCUT2D eigenvalue weighted by atomic mass is 16.1. The molecule has 0 aromatic rings. The van der Waals surface area contributed by atoms with E-state index in [4.69, 9.17) is 0 Å². The number of carbonyl (C=O) groups excluding carboxylic acids is 1. The van der Waals surface area contributed by atoms with Gasteiger partial charge in [0.25, 0.3) is 0 Å². The highest BCUT2D eigenvalue weighted by Crippen LogP contribution is 2.25. The molecule has 0 saturated heterocycles. The molecule has 1 rings (SSSR count). The van der Waals surface area contributed by atoms with E-state index in [9.17, 15) is 4.79 Å². The summed E-state index contributed by atoms with van der Waals surface area (Å²) in [6.07, 6.45) is 4.49. The molecule has 2 N–H and O–H groups in total. The number of amides is 1. The van der Waals surface area contributed by atoms with Crippen LogP contribution in [0.4, 0.5) is 0 Å². The molecule has 0 aliphatic heterocycles. The first-order valence-corrected chi connectivity index (χ1v) is 5.60. The van der Waals surface area contributed by atoms with Crippen molar-refractivity contribution in [2.24, 2.45) is 5.92 Å². The molecule has 0 aromatic heterocycles. The maximum absolute atomic E-state index is 11.1. The van der Waals surface area contributed by atoms with Gasteiger partial charge in [0.1, 0.15) is 0 Å². The maximum Gasteiger partial charge on any atom is 0.221 e. The van der Waals surface area contributed by atoms with Gasteiger partial charge in [0, 0.05) is 25.6 Å². The van der Waals surface area contributed by atoms with Gasteiger partial charge in [0.15, 0.2) is 0 Å². The van der Waals surface area contributed by atoms with Crippen molar-refractivity contribution in [1.29, 1.82) is 0 Å². The SMILES string of the molecule is CNC(=O)CC(C)NC1CCCC1C. The van der Waals surface area contributed by atoms with E-state index < -0.39 is 0 Å². The maximum atomic E-state index is 11.1. The minimum atomic E-state index is 0.121. The van der Waals surface area contributed by atoms with E-state index in [1.807, 2.05) is 0 Å². The highest BCUT2D eigenvalue weighted by Gasteiger charge is 2.24. The lowest BCUT2D eigenvalue weighted by Crippen LogP contribution is -2.40. The third-order valence-corrected chi connectivity index (χ3v) is 3.13. The molecule has 3 heteroatoms. The van der Waals surface area contributed by atoms with Crippen LogP contribution in [0, 0.1) is 5.92 Å². The van der Waals surface area contributed by atoms with Gasteiger partial charge in [-0.15, -0.1) is 0 Å². The molecule has 1 aliphatic rings. The van der Waals surface area contributed by atoms with Crippen LogP contribution in [-0.4, -0.2) is 25.0 Å². The van der Waals surface area contributed by atoms with Gasteiger partial charge in [0.2, 0.25) is 5.91 Å². The van der Waals surface area contributed by atoms with E-state index in [1.165, 1.54) is 19.3 Å². The average molecular weight is 198 g/mol. The first-order valence-electron chi connectivity index (χ1n) is 5.60. The first kappa shape index (κ1) is 11.5. The Morgan fingerprint density at radius 3 is 2.71 bits per heavy atom. The molecule has 0 radical (unpaired) electrons.